The normalized spacial score (nSPS) is 2.68. The van der Waals surface area contributed by atoms with Gasteiger partial charge < -0.3 is 35.8 Å². The molecule has 0 saturated heterocycles. The average molecular weight is 781 g/mol. The van der Waals surface area contributed by atoms with Crippen LogP contribution >= 0.6 is 0 Å². The van der Waals surface area contributed by atoms with Crippen molar-refractivity contribution in [3.63, 3.8) is 0 Å². The second-order valence-electron chi connectivity index (χ2n) is 1.03. The predicted octanol–water partition coefficient (Wildman–Crippen LogP) is 1.46. The van der Waals surface area contributed by atoms with E-state index in [0.717, 1.165) is 18.4 Å². The van der Waals surface area contributed by atoms with Crippen LogP contribution in [-0.4, -0.2) is 32.4 Å². The maximum atomic E-state index is 8.93. The molecule has 8 radical (unpaired) electrons. The maximum Gasteiger partial charge on any atom is 1.00 e. The van der Waals surface area contributed by atoms with Crippen molar-refractivity contribution in [3.05, 3.63) is 66.2 Å². The van der Waals surface area contributed by atoms with Gasteiger partial charge >= 0.3 is 29.6 Å². The van der Waals surface area contributed by atoms with E-state index in [1.165, 1.54) is 25.8 Å². The van der Waals surface area contributed by atoms with E-state index in [2.05, 4.69) is 32.9 Å². The van der Waals surface area contributed by atoms with Gasteiger partial charge in [0.25, 0.3) is 0 Å². The Kier molecular flexibility index (Phi) is 1140. The summed E-state index contributed by atoms with van der Waals surface area (Å²) in [5.74, 6) is 0. The number of hydrogen-bond donors (Lipinski definition) is 1. The first-order valence-electron chi connectivity index (χ1n) is 4.67. The number of aliphatic hydroxyl groups excluding tert-OH is 1. The molecular weight excluding hydrogens is 747 g/mol. The van der Waals surface area contributed by atoms with Crippen molar-refractivity contribution in [1.29, 1.82) is 0 Å². The van der Waals surface area contributed by atoms with Crippen LogP contribution in [0.1, 0.15) is 29.6 Å². The summed E-state index contributed by atoms with van der Waals surface area (Å²) >= 11 is 0. The summed E-state index contributed by atoms with van der Waals surface area (Å²) < 4.78 is 0. The topological polar surface area (TPSA) is 71.4 Å². The molecule has 1 N–H and O–H groups in total. The molecule has 0 aliphatic carbocycles. The minimum Gasteiger partial charge on any atom is -1.00 e. The molecule has 0 heterocycles. The number of rotatable bonds is 2. The van der Waals surface area contributed by atoms with Crippen LogP contribution in [0.15, 0.2) is 51.3 Å². The quantitative estimate of drug-likeness (QED) is 0.152. The largest absolute Gasteiger partial charge is 1.00 e. The number of allylic oxidation sites excluding steroid dienone is 2. The van der Waals surface area contributed by atoms with Crippen molar-refractivity contribution in [2.75, 3.05) is 0 Å². The van der Waals surface area contributed by atoms with Gasteiger partial charge in [0.1, 0.15) is 0 Å². The Morgan fingerprint density at radius 2 is 0.821 bits per heavy atom. The van der Waals surface area contributed by atoms with Crippen LogP contribution in [0.4, 0.5) is 0 Å². The van der Waals surface area contributed by atoms with Gasteiger partial charge in [-0.15, -0.1) is 13.2 Å². The predicted molar refractivity (Wildman–Crippen MR) is 105 cm³/mol. The maximum absolute atomic E-state index is 8.93. The van der Waals surface area contributed by atoms with E-state index in [0.29, 0.717) is 0 Å². The monoisotopic (exact) mass is 781 g/mol. The third kappa shape index (κ3) is 648. The molecule has 0 rings (SSSR count). The zero-order valence-electron chi connectivity index (χ0n) is 18.9. The molecule has 0 aliphatic heterocycles. The van der Waals surface area contributed by atoms with Crippen LogP contribution in [0.5, 0.6) is 0 Å². The summed E-state index contributed by atoms with van der Waals surface area (Å²) in [6.07, 6.45) is 7.28. The standard InChI is InChI=1S/2C3H3O.C2H4O.C2H3O.C2H6.C2H4.CH4.2CH3.B.Na.5Y.H/c2*1-2-3-4;2*1-2-3;2*1-2;;;;;;;;;;;/h2*2H,1H2;2-3H,1H2;1H3;1-2H3;1-2H2;1H4;2*1H3;;;;;;;;/q2*-1;;-1;;;;2*-1;;+1;;;;;;-1. The summed E-state index contributed by atoms with van der Waals surface area (Å²) in [7, 11) is 0. The second kappa shape index (κ2) is 269. The molecule has 0 unspecified atom stereocenters. The zero-order chi connectivity index (χ0) is 16.2. The molecular formula is C17H34BNaO4Y5-5. The third-order valence-electron chi connectivity index (χ3n) is 0.167. The minimum atomic E-state index is 0. The summed E-state index contributed by atoms with van der Waals surface area (Å²) in [5, 5.41) is 7.33. The van der Waals surface area contributed by atoms with E-state index in [9.17, 15) is 0 Å². The first-order valence-corrected chi connectivity index (χ1v) is 4.67. The van der Waals surface area contributed by atoms with Gasteiger partial charge in [-0.3, -0.25) is 6.29 Å². The molecule has 0 amide bonds. The van der Waals surface area contributed by atoms with Crippen molar-refractivity contribution in [2.24, 2.45) is 0 Å². The fraction of sp³-hybridized carbons (Fsp3) is 0.235. The van der Waals surface area contributed by atoms with E-state index in [1.54, 1.807) is 0 Å². The van der Waals surface area contributed by atoms with E-state index < -0.39 is 0 Å². The van der Waals surface area contributed by atoms with E-state index >= 15 is 0 Å². The number of hydrogen-bond acceptors (Lipinski definition) is 4. The van der Waals surface area contributed by atoms with Crippen LogP contribution in [0.2, 0.25) is 0 Å². The fourth-order valence-electron chi connectivity index (χ4n) is 0. The Hall–Kier alpha value is 4.35. The van der Waals surface area contributed by atoms with Crippen molar-refractivity contribution in [1.82, 2.24) is 0 Å². The molecule has 0 bridgehead atoms. The van der Waals surface area contributed by atoms with Crippen LogP contribution in [-0.2, 0) is 178 Å². The molecule has 0 aromatic carbocycles. The molecule has 0 aliphatic rings. The molecule has 0 atom stereocenters. The minimum absolute atomic E-state index is 0. The summed E-state index contributed by atoms with van der Waals surface area (Å²) in [5.41, 5.74) is 0. The Bertz CT molecular complexity index is 171. The summed E-state index contributed by atoms with van der Waals surface area (Å²) in [4.78, 5) is 26.5. The molecule has 0 fully saturated rings. The molecule has 0 aromatic rings. The van der Waals surface area contributed by atoms with Crippen molar-refractivity contribution in [2.45, 2.75) is 28.2 Å². The van der Waals surface area contributed by atoms with Gasteiger partial charge in [-0.25, -0.2) is 25.3 Å². The molecule has 11 heteroatoms. The fourth-order valence-corrected chi connectivity index (χ4v) is 0. The van der Waals surface area contributed by atoms with Gasteiger partial charge in [-0.05, 0) is 12.6 Å². The SMILES string of the molecule is C.C=C.C=CO.C=C[C-]=O.C=C[C-]=O.CC.C[C-]=O.[B].[CH3-].[CH3-].[H-].[Na+].[Y].[Y].[Y].[Y].[Y]. The molecule has 28 heavy (non-hydrogen) atoms. The molecule has 0 spiro atoms. The average Bonchev–Trinajstić information content (AvgIpc) is 2.45. The van der Waals surface area contributed by atoms with Crippen molar-refractivity contribution < 1.29 is 214 Å². The number of aliphatic hydroxyl groups is 1. The smallest absolute Gasteiger partial charge is 1.00 e. The first-order chi connectivity index (χ1) is 8.66. The molecule has 0 aromatic heterocycles. The third-order valence-corrected chi connectivity index (χ3v) is 0.167. The van der Waals surface area contributed by atoms with E-state index in [-0.39, 0.29) is 225 Å². The first kappa shape index (κ1) is 119. The van der Waals surface area contributed by atoms with Gasteiger partial charge in [-0.2, -0.15) is 6.92 Å². The van der Waals surface area contributed by atoms with E-state index in [1.807, 2.05) is 13.8 Å². The van der Waals surface area contributed by atoms with Crippen LogP contribution < -0.4 is 29.6 Å². The van der Waals surface area contributed by atoms with Gasteiger partial charge in [-0.1, -0.05) is 27.9 Å². The zero-order valence-corrected chi connectivity index (χ0v) is 34.1. The molecule has 4 nitrogen and oxygen atoms in total. The van der Waals surface area contributed by atoms with Gasteiger partial charge in [0, 0.05) is 172 Å². The number of carbonyl (C=O) groups excluding carboxylic acids is 3. The Labute approximate surface area is 328 Å². The molecule has 150 valence electrons. The Morgan fingerprint density at radius 1 is 0.786 bits per heavy atom. The van der Waals surface area contributed by atoms with E-state index in [4.69, 9.17) is 19.5 Å². The molecule has 0 saturated carbocycles. The second-order valence-corrected chi connectivity index (χ2v) is 1.03. The van der Waals surface area contributed by atoms with Crippen molar-refractivity contribution in [3.8, 4) is 0 Å². The van der Waals surface area contributed by atoms with Gasteiger partial charge in [0.15, 0.2) is 0 Å². The van der Waals surface area contributed by atoms with Crippen LogP contribution in [0.25, 0.3) is 0 Å². The van der Waals surface area contributed by atoms with Gasteiger partial charge in [0.05, 0.1) is 6.26 Å². The Balaban J connectivity index is -0.00000000374. The van der Waals surface area contributed by atoms with Crippen molar-refractivity contribution >= 4 is 27.3 Å². The summed E-state index contributed by atoms with van der Waals surface area (Å²) in [6.45, 7) is 20.3. The summed E-state index contributed by atoms with van der Waals surface area (Å²) in [6, 6.07) is 0. The van der Waals surface area contributed by atoms with Gasteiger partial charge in [0.2, 0.25) is 0 Å². The van der Waals surface area contributed by atoms with Crippen LogP contribution in [0.3, 0.4) is 0 Å². The van der Waals surface area contributed by atoms with Crippen LogP contribution in [0, 0.1) is 14.9 Å². The Morgan fingerprint density at radius 3 is 0.821 bits per heavy atom.